The van der Waals surface area contributed by atoms with Gasteiger partial charge in [0.05, 0.1) is 24.1 Å². The van der Waals surface area contributed by atoms with Crippen LogP contribution in [0.4, 0.5) is 0 Å². The van der Waals surface area contributed by atoms with Crippen LogP contribution in [0.15, 0.2) is 11.4 Å². The Morgan fingerprint density at radius 2 is 2.12 bits per heavy atom. The lowest BCUT2D eigenvalue weighted by molar-refractivity contribution is 0.0246. The first-order valence-electron chi connectivity index (χ1n) is 8.12. The molecule has 0 radical (unpaired) electrons. The number of morpholine rings is 1. The molecule has 3 aromatic heterocycles. The molecule has 1 atom stereocenters. The van der Waals surface area contributed by atoms with Crippen molar-refractivity contribution in [2.75, 3.05) is 26.3 Å². The van der Waals surface area contributed by atoms with E-state index in [0.717, 1.165) is 48.4 Å². The van der Waals surface area contributed by atoms with Crippen molar-refractivity contribution in [2.24, 2.45) is 0 Å². The standard InChI is InChI=1S/C16H20N4O2S2/c1-3-11-17-16-20(18-11)15(21)14(24-16)12(13-10(2)4-9-23-13)19-5-7-22-8-6-19/h4,9,12,21H,3,5-8H2,1-2H3. The summed E-state index contributed by atoms with van der Waals surface area (Å²) in [7, 11) is 0. The predicted molar refractivity (Wildman–Crippen MR) is 95.2 cm³/mol. The fourth-order valence-electron chi connectivity index (χ4n) is 3.07. The zero-order valence-corrected chi connectivity index (χ0v) is 15.4. The highest BCUT2D eigenvalue weighted by molar-refractivity contribution is 7.17. The van der Waals surface area contributed by atoms with Crippen molar-refractivity contribution >= 4 is 27.6 Å². The highest BCUT2D eigenvalue weighted by Gasteiger charge is 2.32. The molecule has 1 saturated heterocycles. The summed E-state index contributed by atoms with van der Waals surface area (Å²) in [5.74, 6) is 0.977. The molecular formula is C16H20N4O2S2. The van der Waals surface area contributed by atoms with Crippen molar-refractivity contribution in [1.82, 2.24) is 19.5 Å². The first kappa shape index (κ1) is 16.0. The summed E-state index contributed by atoms with van der Waals surface area (Å²) in [6.45, 7) is 7.31. The van der Waals surface area contributed by atoms with E-state index in [4.69, 9.17) is 4.74 Å². The molecule has 1 unspecified atom stereocenters. The molecule has 1 aliphatic rings. The minimum Gasteiger partial charge on any atom is -0.492 e. The molecule has 0 aromatic carbocycles. The fourth-order valence-corrected chi connectivity index (χ4v) is 5.33. The van der Waals surface area contributed by atoms with E-state index >= 15 is 0 Å². The zero-order valence-electron chi connectivity index (χ0n) is 13.7. The summed E-state index contributed by atoms with van der Waals surface area (Å²) in [4.78, 5) is 9.84. The molecule has 8 heteroatoms. The number of ether oxygens (including phenoxy) is 1. The number of aryl methyl sites for hydroxylation is 2. The Morgan fingerprint density at radius 3 is 2.75 bits per heavy atom. The number of thiazole rings is 1. The molecule has 6 nitrogen and oxygen atoms in total. The second-order valence-electron chi connectivity index (χ2n) is 5.88. The van der Waals surface area contributed by atoms with Crippen molar-refractivity contribution < 1.29 is 9.84 Å². The number of rotatable bonds is 4. The molecular weight excluding hydrogens is 344 g/mol. The number of hydrogen-bond acceptors (Lipinski definition) is 7. The molecule has 4 rings (SSSR count). The van der Waals surface area contributed by atoms with Gasteiger partial charge in [0.1, 0.15) is 0 Å². The Kier molecular flexibility index (Phi) is 4.29. The van der Waals surface area contributed by atoms with Gasteiger partial charge in [-0.3, -0.25) is 4.90 Å². The van der Waals surface area contributed by atoms with Crippen LogP contribution in [-0.2, 0) is 11.2 Å². The molecule has 1 N–H and O–H groups in total. The zero-order chi connectivity index (χ0) is 16.7. The Labute approximate surface area is 148 Å². The smallest absolute Gasteiger partial charge is 0.230 e. The molecule has 24 heavy (non-hydrogen) atoms. The van der Waals surface area contributed by atoms with Gasteiger partial charge < -0.3 is 9.84 Å². The number of aromatic hydroxyl groups is 1. The van der Waals surface area contributed by atoms with Gasteiger partial charge in [-0.15, -0.1) is 16.4 Å². The van der Waals surface area contributed by atoms with Crippen LogP contribution in [0.3, 0.4) is 0 Å². The van der Waals surface area contributed by atoms with Crippen molar-refractivity contribution in [3.63, 3.8) is 0 Å². The Hall–Kier alpha value is -1.48. The Morgan fingerprint density at radius 1 is 1.33 bits per heavy atom. The number of hydrogen-bond donors (Lipinski definition) is 1. The summed E-state index contributed by atoms with van der Waals surface area (Å²) in [6, 6.07) is 2.17. The van der Waals surface area contributed by atoms with E-state index in [2.05, 4.69) is 33.4 Å². The third-order valence-electron chi connectivity index (χ3n) is 4.37. The molecule has 1 fully saturated rings. The maximum absolute atomic E-state index is 10.8. The highest BCUT2D eigenvalue weighted by atomic mass is 32.1. The van der Waals surface area contributed by atoms with Gasteiger partial charge in [-0.1, -0.05) is 18.3 Å². The third kappa shape index (κ3) is 2.63. The van der Waals surface area contributed by atoms with Crippen LogP contribution >= 0.6 is 22.7 Å². The maximum atomic E-state index is 10.8. The second kappa shape index (κ2) is 6.44. The molecule has 0 amide bonds. The fraction of sp³-hybridized carbons (Fsp3) is 0.500. The van der Waals surface area contributed by atoms with Gasteiger partial charge >= 0.3 is 0 Å². The van der Waals surface area contributed by atoms with Gasteiger partial charge in [0.25, 0.3) is 0 Å². The van der Waals surface area contributed by atoms with Crippen LogP contribution in [0.5, 0.6) is 5.88 Å². The molecule has 0 saturated carbocycles. The van der Waals surface area contributed by atoms with Crippen LogP contribution in [0.2, 0.25) is 0 Å². The molecule has 0 bridgehead atoms. The number of thiophene rings is 1. The number of fused-ring (bicyclic) bond motifs is 1. The van der Waals surface area contributed by atoms with Crippen LogP contribution in [0, 0.1) is 6.92 Å². The first-order chi connectivity index (χ1) is 11.7. The normalized spacial score (nSPS) is 17.6. The van der Waals surface area contributed by atoms with Crippen molar-refractivity contribution in [1.29, 1.82) is 0 Å². The van der Waals surface area contributed by atoms with Crippen LogP contribution in [0.25, 0.3) is 4.96 Å². The molecule has 0 aliphatic carbocycles. The van der Waals surface area contributed by atoms with Crippen molar-refractivity contribution in [3.8, 4) is 5.88 Å². The number of nitrogens with zero attached hydrogens (tertiary/aromatic N) is 4. The average molecular weight is 364 g/mol. The van der Waals surface area contributed by atoms with E-state index in [0.29, 0.717) is 0 Å². The van der Waals surface area contributed by atoms with Crippen LogP contribution < -0.4 is 0 Å². The van der Waals surface area contributed by atoms with Crippen molar-refractivity contribution in [3.05, 3.63) is 32.6 Å². The molecule has 128 valence electrons. The monoisotopic (exact) mass is 364 g/mol. The topological polar surface area (TPSA) is 62.9 Å². The second-order valence-corrected chi connectivity index (χ2v) is 7.84. The molecule has 4 heterocycles. The predicted octanol–water partition coefficient (Wildman–Crippen LogP) is 2.85. The highest BCUT2D eigenvalue weighted by Crippen LogP contribution is 2.42. The lowest BCUT2D eigenvalue weighted by atomic mass is 10.1. The SMILES string of the molecule is CCc1nc2sc(C(c3sccc3C)N3CCOCC3)c(O)n2n1. The average Bonchev–Trinajstić information content (AvgIpc) is 3.27. The molecule has 3 aromatic rings. The Bertz CT molecular complexity index is 848. The molecule has 0 spiro atoms. The summed E-state index contributed by atoms with van der Waals surface area (Å²) >= 11 is 3.27. The summed E-state index contributed by atoms with van der Waals surface area (Å²) in [5.41, 5.74) is 1.25. The van der Waals surface area contributed by atoms with Gasteiger partial charge in [0.15, 0.2) is 5.82 Å². The van der Waals surface area contributed by atoms with Crippen molar-refractivity contribution in [2.45, 2.75) is 26.3 Å². The van der Waals surface area contributed by atoms with Gasteiger partial charge in [-0.25, -0.2) is 4.98 Å². The summed E-state index contributed by atoms with van der Waals surface area (Å²) in [5, 5.41) is 17.3. The van der Waals surface area contributed by atoms with Gasteiger partial charge in [0.2, 0.25) is 10.8 Å². The van der Waals surface area contributed by atoms with E-state index in [1.807, 2.05) is 6.92 Å². The van der Waals surface area contributed by atoms with Crippen LogP contribution in [0.1, 0.15) is 34.1 Å². The summed E-state index contributed by atoms with van der Waals surface area (Å²) in [6.07, 6.45) is 0.764. The largest absolute Gasteiger partial charge is 0.492 e. The van der Waals surface area contributed by atoms with Gasteiger partial charge in [-0.2, -0.15) is 4.52 Å². The minimum absolute atomic E-state index is 0.0347. The van der Waals surface area contributed by atoms with Crippen LogP contribution in [-0.4, -0.2) is 50.9 Å². The lowest BCUT2D eigenvalue weighted by Gasteiger charge is -2.33. The summed E-state index contributed by atoms with van der Waals surface area (Å²) < 4.78 is 7.09. The quantitative estimate of drug-likeness (QED) is 0.771. The van der Waals surface area contributed by atoms with E-state index in [-0.39, 0.29) is 11.9 Å². The van der Waals surface area contributed by atoms with E-state index in [1.165, 1.54) is 21.8 Å². The van der Waals surface area contributed by atoms with E-state index < -0.39 is 0 Å². The Balaban J connectivity index is 1.82. The minimum atomic E-state index is 0.0347. The van der Waals surface area contributed by atoms with E-state index in [1.54, 1.807) is 15.9 Å². The maximum Gasteiger partial charge on any atom is 0.230 e. The number of aromatic nitrogens is 3. The first-order valence-corrected chi connectivity index (χ1v) is 9.81. The van der Waals surface area contributed by atoms with E-state index in [9.17, 15) is 5.11 Å². The van der Waals surface area contributed by atoms with Gasteiger partial charge in [0, 0.05) is 24.4 Å². The lowest BCUT2D eigenvalue weighted by Crippen LogP contribution is -2.39. The van der Waals surface area contributed by atoms with Gasteiger partial charge in [-0.05, 0) is 23.9 Å². The third-order valence-corrected chi connectivity index (χ3v) is 6.51. The molecule has 1 aliphatic heterocycles.